The van der Waals surface area contributed by atoms with E-state index < -0.39 is 36.4 Å². The first kappa shape index (κ1) is 19.5. The van der Waals surface area contributed by atoms with Crippen molar-refractivity contribution in [3.63, 3.8) is 0 Å². The zero-order valence-corrected chi connectivity index (χ0v) is 14.0. The van der Waals surface area contributed by atoms with E-state index in [0.717, 1.165) is 5.56 Å². The molecule has 1 aromatic rings. The van der Waals surface area contributed by atoms with Gasteiger partial charge < -0.3 is 10.4 Å². The van der Waals surface area contributed by atoms with E-state index in [1.807, 2.05) is 12.1 Å². The number of carboxylic acid groups (broad SMARTS) is 1. The van der Waals surface area contributed by atoms with E-state index in [4.69, 9.17) is 16.7 Å². The van der Waals surface area contributed by atoms with E-state index in [2.05, 4.69) is 5.32 Å². The van der Waals surface area contributed by atoms with E-state index in [-0.39, 0.29) is 13.1 Å². The summed E-state index contributed by atoms with van der Waals surface area (Å²) in [5.74, 6) is -5.41. The zero-order valence-electron chi connectivity index (χ0n) is 13.2. The average molecular weight is 379 g/mol. The van der Waals surface area contributed by atoms with Crippen LogP contribution < -0.4 is 5.32 Å². The summed E-state index contributed by atoms with van der Waals surface area (Å²) in [6.07, 6.45) is -4.03. The molecule has 1 aliphatic rings. The van der Waals surface area contributed by atoms with Gasteiger partial charge in [-0.15, -0.1) is 0 Å². The molecule has 1 aromatic carbocycles. The Bertz CT molecular complexity index is 622. The second-order valence-electron chi connectivity index (χ2n) is 6.01. The maximum Gasteiger partial charge on any atom is 0.393 e. The highest BCUT2D eigenvalue weighted by atomic mass is 35.5. The first-order valence-electron chi connectivity index (χ1n) is 7.70. The van der Waals surface area contributed by atoms with Crippen molar-refractivity contribution in [2.45, 2.75) is 12.6 Å². The third kappa shape index (κ3) is 5.61. The Hall–Kier alpha value is -1.80. The Balaban J connectivity index is 1.80. The standard InChI is InChI=1S/C16H18ClF3N2O3/c17-11-3-1-10(2-4-11)5-6-21-14(23)9-22-7-12(15(24)25)13(8-22)16(18,19)20/h1-4,12-13H,5-9H2,(H,21,23)(H,24,25)/t12-,13-/m1/s1. The maximum absolute atomic E-state index is 12.9. The van der Waals surface area contributed by atoms with Crippen molar-refractivity contribution in [2.75, 3.05) is 26.2 Å². The number of benzene rings is 1. The number of amides is 1. The highest BCUT2D eigenvalue weighted by molar-refractivity contribution is 6.30. The Labute approximate surface area is 147 Å². The molecule has 0 radical (unpaired) electrons. The summed E-state index contributed by atoms with van der Waals surface area (Å²) in [5.41, 5.74) is 0.967. The van der Waals surface area contributed by atoms with Crippen LogP contribution in [-0.2, 0) is 16.0 Å². The van der Waals surface area contributed by atoms with Crippen LogP contribution in [0.5, 0.6) is 0 Å². The van der Waals surface area contributed by atoms with Crippen LogP contribution in [0.4, 0.5) is 13.2 Å². The van der Waals surface area contributed by atoms with E-state index in [9.17, 15) is 22.8 Å². The number of aliphatic carboxylic acids is 1. The van der Waals surface area contributed by atoms with Crippen LogP contribution in [0.3, 0.4) is 0 Å². The van der Waals surface area contributed by atoms with Gasteiger partial charge in [-0.2, -0.15) is 13.2 Å². The van der Waals surface area contributed by atoms with Gasteiger partial charge in [-0.25, -0.2) is 0 Å². The molecule has 138 valence electrons. The van der Waals surface area contributed by atoms with Crippen LogP contribution >= 0.6 is 11.6 Å². The fourth-order valence-corrected chi connectivity index (χ4v) is 2.98. The second kappa shape index (κ2) is 8.05. The number of hydrogen-bond acceptors (Lipinski definition) is 3. The molecule has 0 aliphatic carbocycles. The third-order valence-corrected chi connectivity index (χ3v) is 4.40. The van der Waals surface area contributed by atoms with Gasteiger partial charge in [-0.1, -0.05) is 23.7 Å². The summed E-state index contributed by atoms with van der Waals surface area (Å²) in [6, 6.07) is 7.10. The minimum absolute atomic E-state index is 0.253. The normalized spacial score (nSPS) is 21.3. The van der Waals surface area contributed by atoms with Gasteiger partial charge in [0.1, 0.15) is 0 Å². The van der Waals surface area contributed by atoms with Gasteiger partial charge >= 0.3 is 12.1 Å². The summed E-state index contributed by atoms with van der Waals surface area (Å²) in [4.78, 5) is 24.1. The number of carbonyl (C=O) groups excluding carboxylic acids is 1. The van der Waals surface area contributed by atoms with E-state index in [0.29, 0.717) is 18.0 Å². The van der Waals surface area contributed by atoms with Gasteiger partial charge in [0.2, 0.25) is 5.91 Å². The number of likely N-dealkylation sites (tertiary alicyclic amines) is 1. The Morgan fingerprint density at radius 3 is 2.40 bits per heavy atom. The predicted octanol–water partition coefficient (Wildman–Crippen LogP) is 2.19. The molecule has 0 spiro atoms. The van der Waals surface area contributed by atoms with E-state index in [1.165, 1.54) is 4.90 Å². The minimum Gasteiger partial charge on any atom is -0.481 e. The summed E-state index contributed by atoms with van der Waals surface area (Å²) < 4.78 is 38.7. The number of nitrogens with one attached hydrogen (secondary N) is 1. The Kier molecular flexibility index (Phi) is 6.29. The smallest absolute Gasteiger partial charge is 0.393 e. The molecule has 2 rings (SSSR count). The minimum atomic E-state index is -4.59. The summed E-state index contributed by atoms with van der Waals surface area (Å²) in [7, 11) is 0. The molecule has 1 heterocycles. The fourth-order valence-electron chi connectivity index (χ4n) is 2.85. The van der Waals surface area contributed by atoms with Gasteiger partial charge in [-0.05, 0) is 24.1 Å². The highest BCUT2D eigenvalue weighted by Crippen LogP contribution is 2.37. The van der Waals surface area contributed by atoms with Crippen LogP contribution in [0.2, 0.25) is 5.02 Å². The lowest BCUT2D eigenvalue weighted by Crippen LogP contribution is -2.37. The SMILES string of the molecule is O=C(CN1C[C@@H](C(F)(F)F)[C@H](C(=O)O)C1)NCCc1ccc(Cl)cc1. The Morgan fingerprint density at radius 2 is 1.88 bits per heavy atom. The van der Waals surface area contributed by atoms with Crippen LogP contribution in [-0.4, -0.2) is 54.2 Å². The topological polar surface area (TPSA) is 69.6 Å². The molecule has 1 aliphatic heterocycles. The first-order chi connectivity index (χ1) is 11.7. The number of hydrogen-bond donors (Lipinski definition) is 2. The number of carbonyl (C=O) groups is 2. The van der Waals surface area contributed by atoms with E-state index >= 15 is 0 Å². The molecule has 9 heteroatoms. The molecule has 0 aromatic heterocycles. The van der Waals surface area contributed by atoms with Crippen LogP contribution in [0, 0.1) is 11.8 Å². The molecule has 0 unspecified atom stereocenters. The number of halogens is 4. The van der Waals surface area contributed by atoms with Gasteiger partial charge in [0.05, 0.1) is 18.4 Å². The zero-order chi connectivity index (χ0) is 18.6. The van der Waals surface area contributed by atoms with Gasteiger partial charge in [-0.3, -0.25) is 14.5 Å². The van der Waals surface area contributed by atoms with E-state index in [1.54, 1.807) is 12.1 Å². The van der Waals surface area contributed by atoms with Crippen molar-refractivity contribution in [2.24, 2.45) is 11.8 Å². The molecule has 1 fully saturated rings. The second-order valence-corrected chi connectivity index (χ2v) is 6.45. The Morgan fingerprint density at radius 1 is 1.24 bits per heavy atom. The highest BCUT2D eigenvalue weighted by Gasteiger charge is 2.52. The predicted molar refractivity (Wildman–Crippen MR) is 85.3 cm³/mol. The van der Waals surface area contributed by atoms with Crippen molar-refractivity contribution in [3.05, 3.63) is 34.9 Å². The van der Waals surface area contributed by atoms with Crippen LogP contribution in [0.25, 0.3) is 0 Å². The van der Waals surface area contributed by atoms with Crippen molar-refractivity contribution in [1.82, 2.24) is 10.2 Å². The molecule has 5 nitrogen and oxygen atoms in total. The molecule has 1 saturated heterocycles. The van der Waals surface area contributed by atoms with Gasteiger partial charge in [0.15, 0.2) is 0 Å². The van der Waals surface area contributed by atoms with Gasteiger partial charge in [0.25, 0.3) is 0 Å². The van der Waals surface area contributed by atoms with Crippen molar-refractivity contribution in [1.29, 1.82) is 0 Å². The lowest BCUT2D eigenvalue weighted by Gasteiger charge is -2.18. The monoisotopic (exact) mass is 378 g/mol. The molecular weight excluding hydrogens is 361 g/mol. The molecule has 0 saturated carbocycles. The summed E-state index contributed by atoms with van der Waals surface area (Å²) in [6.45, 7) is -0.689. The van der Waals surface area contributed by atoms with Crippen molar-refractivity contribution >= 4 is 23.5 Å². The molecule has 2 atom stereocenters. The molecule has 1 amide bonds. The lowest BCUT2D eigenvalue weighted by atomic mass is 9.96. The first-order valence-corrected chi connectivity index (χ1v) is 8.07. The fraction of sp³-hybridized carbons (Fsp3) is 0.500. The molecule has 25 heavy (non-hydrogen) atoms. The number of carboxylic acids is 1. The van der Waals surface area contributed by atoms with Gasteiger partial charge in [0, 0.05) is 24.7 Å². The molecule has 2 N–H and O–H groups in total. The quantitative estimate of drug-likeness (QED) is 0.796. The number of nitrogens with zero attached hydrogens (tertiary/aromatic N) is 1. The molecular formula is C16H18ClF3N2O3. The van der Waals surface area contributed by atoms with Crippen molar-refractivity contribution < 1.29 is 27.9 Å². The van der Waals surface area contributed by atoms with Crippen LogP contribution in [0.15, 0.2) is 24.3 Å². The average Bonchev–Trinajstić information content (AvgIpc) is 2.93. The summed E-state index contributed by atoms with van der Waals surface area (Å²) >= 11 is 5.77. The lowest BCUT2D eigenvalue weighted by molar-refractivity contribution is -0.188. The third-order valence-electron chi connectivity index (χ3n) is 4.15. The van der Waals surface area contributed by atoms with Crippen LogP contribution in [0.1, 0.15) is 5.56 Å². The summed E-state index contributed by atoms with van der Waals surface area (Å²) in [5, 5.41) is 12.2. The number of rotatable bonds is 6. The maximum atomic E-state index is 12.9. The van der Waals surface area contributed by atoms with Crippen molar-refractivity contribution in [3.8, 4) is 0 Å². The molecule has 0 bridgehead atoms. The number of alkyl halides is 3. The largest absolute Gasteiger partial charge is 0.481 e.